The molecule has 4 nitrogen and oxygen atoms in total. The van der Waals surface area contributed by atoms with Gasteiger partial charge in [-0.2, -0.15) is 0 Å². The van der Waals surface area contributed by atoms with E-state index in [1.54, 1.807) is 29.2 Å². The molecule has 0 aliphatic carbocycles. The molecule has 126 valence electrons. The SMILES string of the molecule is CCN(CC)C(=O)c1cccc(C(=O)NC(C)c2ccccc2)c1. The Balaban J connectivity index is 2.13. The van der Waals surface area contributed by atoms with Gasteiger partial charge in [0.2, 0.25) is 0 Å². The van der Waals surface area contributed by atoms with Crippen LogP contribution in [0, 0.1) is 0 Å². The first kappa shape index (κ1) is 17.7. The lowest BCUT2D eigenvalue weighted by atomic mass is 10.1. The van der Waals surface area contributed by atoms with Crippen molar-refractivity contribution in [2.45, 2.75) is 26.8 Å². The van der Waals surface area contributed by atoms with E-state index in [1.807, 2.05) is 51.1 Å². The molecule has 1 unspecified atom stereocenters. The summed E-state index contributed by atoms with van der Waals surface area (Å²) in [6, 6.07) is 16.6. The van der Waals surface area contributed by atoms with Crippen LogP contribution >= 0.6 is 0 Å². The van der Waals surface area contributed by atoms with Crippen LogP contribution in [0.25, 0.3) is 0 Å². The Morgan fingerprint density at radius 3 is 2.21 bits per heavy atom. The number of benzene rings is 2. The maximum atomic E-state index is 12.5. The lowest BCUT2D eigenvalue weighted by Crippen LogP contribution is -2.31. The number of hydrogen-bond acceptors (Lipinski definition) is 2. The molecule has 2 rings (SSSR count). The summed E-state index contributed by atoms with van der Waals surface area (Å²) in [5.74, 6) is -0.230. The van der Waals surface area contributed by atoms with Gasteiger partial charge in [0.1, 0.15) is 0 Å². The Labute approximate surface area is 143 Å². The standard InChI is InChI=1S/C20H24N2O2/c1-4-22(5-2)20(24)18-13-9-12-17(14-18)19(23)21-15(3)16-10-7-6-8-11-16/h6-15H,4-5H2,1-3H3,(H,21,23). The van der Waals surface area contributed by atoms with E-state index in [4.69, 9.17) is 0 Å². The highest BCUT2D eigenvalue weighted by molar-refractivity contribution is 5.99. The van der Waals surface area contributed by atoms with E-state index in [-0.39, 0.29) is 17.9 Å². The summed E-state index contributed by atoms with van der Waals surface area (Å²) in [7, 11) is 0. The average molecular weight is 324 g/mol. The molecule has 1 atom stereocenters. The molecule has 0 bridgehead atoms. The van der Waals surface area contributed by atoms with Gasteiger partial charge in [0.05, 0.1) is 6.04 Å². The summed E-state index contributed by atoms with van der Waals surface area (Å²) in [5, 5.41) is 2.97. The van der Waals surface area contributed by atoms with Gasteiger partial charge in [0.25, 0.3) is 11.8 Å². The number of hydrogen-bond donors (Lipinski definition) is 1. The maximum absolute atomic E-state index is 12.5. The molecule has 4 heteroatoms. The van der Waals surface area contributed by atoms with Crippen LogP contribution in [0.4, 0.5) is 0 Å². The number of rotatable bonds is 6. The molecular formula is C20H24N2O2. The highest BCUT2D eigenvalue weighted by Crippen LogP contribution is 2.14. The van der Waals surface area contributed by atoms with E-state index >= 15 is 0 Å². The monoisotopic (exact) mass is 324 g/mol. The van der Waals surface area contributed by atoms with E-state index in [1.165, 1.54) is 0 Å². The van der Waals surface area contributed by atoms with Crippen LogP contribution in [0.2, 0.25) is 0 Å². The average Bonchev–Trinajstić information content (AvgIpc) is 2.63. The van der Waals surface area contributed by atoms with Crippen LogP contribution in [0.15, 0.2) is 54.6 Å². The summed E-state index contributed by atoms with van der Waals surface area (Å²) >= 11 is 0. The van der Waals surface area contributed by atoms with E-state index in [2.05, 4.69) is 5.32 Å². The Morgan fingerprint density at radius 1 is 0.958 bits per heavy atom. The second-order valence-corrected chi connectivity index (χ2v) is 5.66. The van der Waals surface area contributed by atoms with Gasteiger partial charge >= 0.3 is 0 Å². The molecule has 0 aromatic heterocycles. The fraction of sp³-hybridized carbons (Fsp3) is 0.300. The van der Waals surface area contributed by atoms with Gasteiger partial charge in [-0.1, -0.05) is 36.4 Å². The Morgan fingerprint density at radius 2 is 1.58 bits per heavy atom. The van der Waals surface area contributed by atoms with Gasteiger partial charge in [-0.15, -0.1) is 0 Å². The zero-order chi connectivity index (χ0) is 17.5. The van der Waals surface area contributed by atoms with Crippen molar-refractivity contribution in [3.63, 3.8) is 0 Å². The minimum absolute atomic E-state index is 0.0502. The van der Waals surface area contributed by atoms with Crippen LogP contribution in [0.5, 0.6) is 0 Å². The highest BCUT2D eigenvalue weighted by Gasteiger charge is 2.16. The first-order valence-corrected chi connectivity index (χ1v) is 8.32. The summed E-state index contributed by atoms with van der Waals surface area (Å²) in [4.78, 5) is 26.6. The second-order valence-electron chi connectivity index (χ2n) is 5.66. The van der Waals surface area contributed by atoms with Crippen molar-refractivity contribution in [3.05, 3.63) is 71.3 Å². The molecular weight excluding hydrogens is 300 g/mol. The topological polar surface area (TPSA) is 49.4 Å². The molecule has 2 amide bonds. The predicted molar refractivity (Wildman–Crippen MR) is 96.0 cm³/mol. The van der Waals surface area contributed by atoms with Crippen molar-refractivity contribution >= 4 is 11.8 Å². The molecule has 0 aliphatic heterocycles. The van der Waals surface area contributed by atoms with Crippen molar-refractivity contribution in [2.75, 3.05) is 13.1 Å². The molecule has 0 saturated heterocycles. The lowest BCUT2D eigenvalue weighted by molar-refractivity contribution is 0.0773. The van der Waals surface area contributed by atoms with Gasteiger partial charge < -0.3 is 10.2 Å². The fourth-order valence-electron chi connectivity index (χ4n) is 2.59. The Hall–Kier alpha value is -2.62. The minimum Gasteiger partial charge on any atom is -0.346 e. The van der Waals surface area contributed by atoms with E-state index in [9.17, 15) is 9.59 Å². The lowest BCUT2D eigenvalue weighted by Gasteiger charge is -2.19. The van der Waals surface area contributed by atoms with Crippen LogP contribution in [0.1, 0.15) is 53.1 Å². The van der Waals surface area contributed by atoms with Gasteiger partial charge in [0, 0.05) is 24.2 Å². The number of carbonyl (C=O) groups is 2. The van der Waals surface area contributed by atoms with Crippen molar-refractivity contribution in [3.8, 4) is 0 Å². The molecule has 2 aromatic rings. The van der Waals surface area contributed by atoms with E-state index in [0.717, 1.165) is 5.56 Å². The fourth-order valence-corrected chi connectivity index (χ4v) is 2.59. The van der Waals surface area contributed by atoms with Crippen LogP contribution < -0.4 is 5.32 Å². The summed E-state index contributed by atoms with van der Waals surface area (Å²) in [6.07, 6.45) is 0. The molecule has 24 heavy (non-hydrogen) atoms. The largest absolute Gasteiger partial charge is 0.346 e. The number of nitrogens with zero attached hydrogens (tertiary/aromatic N) is 1. The highest BCUT2D eigenvalue weighted by atomic mass is 16.2. The first-order chi connectivity index (χ1) is 11.6. The van der Waals surface area contributed by atoms with Crippen molar-refractivity contribution in [1.82, 2.24) is 10.2 Å². The van der Waals surface area contributed by atoms with E-state index in [0.29, 0.717) is 24.2 Å². The number of carbonyl (C=O) groups excluding carboxylic acids is 2. The van der Waals surface area contributed by atoms with Crippen LogP contribution in [0.3, 0.4) is 0 Å². The van der Waals surface area contributed by atoms with Crippen LogP contribution in [-0.4, -0.2) is 29.8 Å². The summed E-state index contributed by atoms with van der Waals surface area (Å²) in [5.41, 5.74) is 2.08. The Kier molecular flexibility index (Phi) is 6.13. The molecule has 0 spiro atoms. The van der Waals surface area contributed by atoms with Gasteiger partial charge in [0.15, 0.2) is 0 Å². The number of amides is 2. The number of nitrogens with one attached hydrogen (secondary N) is 1. The summed E-state index contributed by atoms with van der Waals surface area (Å²) in [6.45, 7) is 7.13. The normalized spacial score (nSPS) is 11.6. The molecule has 0 heterocycles. The minimum atomic E-state index is -0.180. The van der Waals surface area contributed by atoms with E-state index < -0.39 is 0 Å². The second kappa shape index (κ2) is 8.29. The van der Waals surface area contributed by atoms with Crippen molar-refractivity contribution in [2.24, 2.45) is 0 Å². The maximum Gasteiger partial charge on any atom is 0.253 e. The molecule has 0 saturated carbocycles. The predicted octanol–water partition coefficient (Wildman–Crippen LogP) is 3.66. The molecule has 0 fully saturated rings. The van der Waals surface area contributed by atoms with Crippen molar-refractivity contribution < 1.29 is 9.59 Å². The third-order valence-electron chi connectivity index (χ3n) is 4.07. The Bertz CT molecular complexity index is 694. The molecule has 2 aromatic carbocycles. The van der Waals surface area contributed by atoms with Gasteiger partial charge in [-0.3, -0.25) is 9.59 Å². The zero-order valence-corrected chi connectivity index (χ0v) is 14.5. The third kappa shape index (κ3) is 4.22. The van der Waals surface area contributed by atoms with Gasteiger partial charge in [-0.25, -0.2) is 0 Å². The van der Waals surface area contributed by atoms with Crippen molar-refractivity contribution in [1.29, 1.82) is 0 Å². The third-order valence-corrected chi connectivity index (χ3v) is 4.07. The molecule has 0 aliphatic rings. The van der Waals surface area contributed by atoms with Gasteiger partial charge in [-0.05, 0) is 44.5 Å². The zero-order valence-electron chi connectivity index (χ0n) is 14.5. The van der Waals surface area contributed by atoms with Crippen LogP contribution in [-0.2, 0) is 0 Å². The quantitative estimate of drug-likeness (QED) is 0.881. The molecule has 1 N–H and O–H groups in total. The summed E-state index contributed by atoms with van der Waals surface area (Å²) < 4.78 is 0. The first-order valence-electron chi connectivity index (χ1n) is 8.32. The molecule has 0 radical (unpaired) electrons. The smallest absolute Gasteiger partial charge is 0.253 e.